The second kappa shape index (κ2) is 11.6. The van der Waals surface area contributed by atoms with Gasteiger partial charge in [0.15, 0.2) is 0 Å². The van der Waals surface area contributed by atoms with E-state index in [9.17, 15) is 13.2 Å². The van der Waals surface area contributed by atoms with Gasteiger partial charge in [0.2, 0.25) is 0 Å². The summed E-state index contributed by atoms with van der Waals surface area (Å²) in [5.74, 6) is -0.586. The summed E-state index contributed by atoms with van der Waals surface area (Å²) in [5, 5.41) is 9.23. The largest absolute Gasteiger partial charge is 0.487 e. The van der Waals surface area contributed by atoms with E-state index >= 15 is 0 Å². The van der Waals surface area contributed by atoms with E-state index in [1.54, 1.807) is 24.3 Å². The lowest BCUT2D eigenvalue weighted by Crippen LogP contribution is -2.34. The van der Waals surface area contributed by atoms with E-state index < -0.39 is 16.0 Å². The van der Waals surface area contributed by atoms with Gasteiger partial charge in [0.1, 0.15) is 17.3 Å². The molecule has 0 saturated heterocycles. The highest BCUT2D eigenvalue weighted by molar-refractivity contribution is 7.92. The molecule has 1 N–H and O–H groups in total. The molecule has 190 valence electrons. The van der Waals surface area contributed by atoms with Crippen LogP contribution in [-0.4, -0.2) is 31.0 Å². The number of rotatable bonds is 10. The maximum atomic E-state index is 13.7. The number of hydrogen-bond acceptors (Lipinski definition) is 5. The number of carbonyl (C=O) groups is 1. The second-order valence-corrected chi connectivity index (χ2v) is 11.1. The number of ether oxygens (including phenoxy) is 1. The average molecular weight is 529 g/mol. The molecule has 0 spiro atoms. The van der Waals surface area contributed by atoms with Crippen molar-refractivity contribution in [2.24, 2.45) is 5.92 Å². The van der Waals surface area contributed by atoms with E-state index in [1.807, 2.05) is 39.8 Å². The van der Waals surface area contributed by atoms with Crippen molar-refractivity contribution in [1.29, 1.82) is 0 Å². The Kier molecular flexibility index (Phi) is 8.76. The number of benzene rings is 2. The molecule has 0 bridgehead atoms. The molecule has 0 aliphatic rings. The molecule has 0 fully saturated rings. The molecule has 2 aromatic carbocycles. The van der Waals surface area contributed by atoms with Crippen LogP contribution in [0.15, 0.2) is 65.8 Å². The molecule has 0 atom stereocenters. The van der Waals surface area contributed by atoms with Gasteiger partial charge in [0, 0.05) is 35.6 Å². The van der Waals surface area contributed by atoms with Crippen molar-refractivity contribution >= 4 is 39.4 Å². The fourth-order valence-electron chi connectivity index (χ4n) is 3.48. The SMILES string of the molecule is Cc1cc(OCc2ccc(/C=C/C(=O)O)cc2Cl)c(N(CC(C)C)S(=O)(=O)c2cccnc2)cc1C. The Balaban J connectivity index is 2.00. The predicted octanol–water partition coefficient (Wildman–Crippen LogP) is 5.88. The summed E-state index contributed by atoms with van der Waals surface area (Å²) in [5.41, 5.74) is 3.65. The molecule has 0 unspecified atom stereocenters. The number of carboxylic acid groups (broad SMARTS) is 1. The topological polar surface area (TPSA) is 96.8 Å². The fourth-order valence-corrected chi connectivity index (χ4v) is 5.32. The van der Waals surface area contributed by atoms with Crippen LogP contribution < -0.4 is 9.04 Å². The molecule has 0 amide bonds. The van der Waals surface area contributed by atoms with E-state index in [1.165, 1.54) is 28.8 Å². The number of sulfonamides is 1. The quantitative estimate of drug-likeness (QED) is 0.330. The van der Waals surface area contributed by atoms with E-state index in [0.717, 1.165) is 17.2 Å². The van der Waals surface area contributed by atoms with Gasteiger partial charge in [-0.05, 0) is 72.9 Å². The summed E-state index contributed by atoms with van der Waals surface area (Å²) >= 11 is 6.42. The van der Waals surface area contributed by atoms with E-state index in [4.69, 9.17) is 21.4 Å². The van der Waals surface area contributed by atoms with Crippen LogP contribution in [0.5, 0.6) is 5.75 Å². The van der Waals surface area contributed by atoms with Crippen molar-refractivity contribution in [3.05, 3.63) is 88.2 Å². The van der Waals surface area contributed by atoms with Crippen molar-refractivity contribution in [3.8, 4) is 5.75 Å². The summed E-state index contributed by atoms with van der Waals surface area (Å²) < 4.78 is 34.8. The summed E-state index contributed by atoms with van der Waals surface area (Å²) in [6.45, 7) is 8.11. The van der Waals surface area contributed by atoms with Gasteiger partial charge in [-0.2, -0.15) is 0 Å². The maximum Gasteiger partial charge on any atom is 0.328 e. The third-order valence-corrected chi connectivity index (χ3v) is 7.59. The molecule has 0 aliphatic heterocycles. The first-order chi connectivity index (χ1) is 17.0. The zero-order valence-corrected chi connectivity index (χ0v) is 22.2. The second-order valence-electron chi connectivity index (χ2n) is 8.83. The average Bonchev–Trinajstić information content (AvgIpc) is 2.83. The molecule has 0 aliphatic carbocycles. The Morgan fingerprint density at radius 2 is 1.89 bits per heavy atom. The van der Waals surface area contributed by atoms with Crippen LogP contribution >= 0.6 is 11.6 Å². The Labute approximate surface area is 217 Å². The number of aliphatic carboxylic acids is 1. The van der Waals surface area contributed by atoms with Gasteiger partial charge >= 0.3 is 5.97 Å². The Bertz CT molecular complexity index is 1370. The minimum Gasteiger partial charge on any atom is -0.487 e. The highest BCUT2D eigenvalue weighted by atomic mass is 35.5. The van der Waals surface area contributed by atoms with Crippen molar-refractivity contribution in [2.75, 3.05) is 10.8 Å². The first-order valence-corrected chi connectivity index (χ1v) is 13.2. The van der Waals surface area contributed by atoms with Gasteiger partial charge in [-0.25, -0.2) is 13.2 Å². The molecular formula is C27H29ClN2O5S. The van der Waals surface area contributed by atoms with Gasteiger partial charge in [-0.1, -0.05) is 37.6 Å². The maximum absolute atomic E-state index is 13.7. The van der Waals surface area contributed by atoms with Crippen LogP contribution in [-0.2, 0) is 21.4 Å². The number of pyridine rings is 1. The molecule has 1 aromatic heterocycles. The standard InChI is InChI=1S/C27H29ClN2O5S/c1-18(2)16-30(36(33,34)23-6-5-11-29-15-23)25-12-19(3)20(4)13-26(25)35-17-22-9-7-21(14-24(22)28)8-10-27(31)32/h5-15,18H,16-17H2,1-4H3,(H,31,32)/b10-8+. The lowest BCUT2D eigenvalue weighted by atomic mass is 10.1. The van der Waals surface area contributed by atoms with Gasteiger partial charge in [0.05, 0.1) is 5.69 Å². The normalized spacial score (nSPS) is 11.7. The summed E-state index contributed by atoms with van der Waals surface area (Å²) in [7, 11) is -3.90. The third kappa shape index (κ3) is 6.65. The smallest absolute Gasteiger partial charge is 0.328 e. The third-order valence-electron chi connectivity index (χ3n) is 5.48. The fraction of sp³-hybridized carbons (Fsp3) is 0.259. The summed E-state index contributed by atoms with van der Waals surface area (Å²) in [6, 6.07) is 11.9. The highest BCUT2D eigenvalue weighted by Crippen LogP contribution is 2.36. The number of aromatic nitrogens is 1. The molecule has 7 nitrogen and oxygen atoms in total. The van der Waals surface area contributed by atoms with Crippen LogP contribution in [0.2, 0.25) is 5.02 Å². The van der Waals surface area contributed by atoms with Gasteiger partial charge in [-0.3, -0.25) is 9.29 Å². The van der Waals surface area contributed by atoms with E-state index in [0.29, 0.717) is 27.6 Å². The van der Waals surface area contributed by atoms with Crippen LogP contribution in [0.3, 0.4) is 0 Å². The number of halogens is 1. The number of aryl methyl sites for hydroxylation is 2. The molecule has 0 saturated carbocycles. The molecule has 1 heterocycles. The first kappa shape index (κ1) is 27.2. The minimum absolute atomic E-state index is 0.0479. The number of carboxylic acids is 1. The molecule has 0 radical (unpaired) electrons. The van der Waals surface area contributed by atoms with Crippen LogP contribution in [0.25, 0.3) is 6.08 Å². The van der Waals surface area contributed by atoms with E-state index in [-0.39, 0.29) is 24.0 Å². The Morgan fingerprint density at radius 1 is 1.17 bits per heavy atom. The van der Waals surface area contributed by atoms with E-state index in [2.05, 4.69) is 4.98 Å². The van der Waals surface area contributed by atoms with Gasteiger partial charge < -0.3 is 9.84 Å². The van der Waals surface area contributed by atoms with Crippen LogP contribution in [0, 0.1) is 19.8 Å². The molecule has 36 heavy (non-hydrogen) atoms. The van der Waals surface area contributed by atoms with Crippen molar-refractivity contribution < 1.29 is 23.1 Å². The number of nitrogens with zero attached hydrogens (tertiary/aromatic N) is 2. The van der Waals surface area contributed by atoms with Crippen molar-refractivity contribution in [2.45, 2.75) is 39.2 Å². The molecule has 3 rings (SSSR count). The minimum atomic E-state index is -3.90. The monoisotopic (exact) mass is 528 g/mol. The summed E-state index contributed by atoms with van der Waals surface area (Å²) in [4.78, 5) is 14.8. The predicted molar refractivity (Wildman–Crippen MR) is 142 cm³/mol. The van der Waals surface area contributed by atoms with Crippen LogP contribution in [0.4, 0.5) is 5.69 Å². The van der Waals surface area contributed by atoms with Crippen LogP contribution in [0.1, 0.15) is 36.1 Å². The van der Waals surface area contributed by atoms with Gasteiger partial charge in [-0.15, -0.1) is 0 Å². The summed E-state index contributed by atoms with van der Waals surface area (Å²) in [6.07, 6.45) is 5.36. The van der Waals surface area contributed by atoms with Crippen molar-refractivity contribution in [1.82, 2.24) is 4.98 Å². The molecule has 9 heteroatoms. The molecule has 3 aromatic rings. The Morgan fingerprint density at radius 3 is 2.50 bits per heavy atom. The highest BCUT2D eigenvalue weighted by Gasteiger charge is 2.29. The lowest BCUT2D eigenvalue weighted by molar-refractivity contribution is -0.131. The first-order valence-electron chi connectivity index (χ1n) is 11.3. The zero-order valence-electron chi connectivity index (χ0n) is 20.6. The van der Waals surface area contributed by atoms with Gasteiger partial charge in [0.25, 0.3) is 10.0 Å². The zero-order chi connectivity index (χ0) is 26.5. The lowest BCUT2D eigenvalue weighted by Gasteiger charge is -2.28. The Hall–Kier alpha value is -3.36. The number of anilines is 1. The van der Waals surface area contributed by atoms with Crippen molar-refractivity contribution in [3.63, 3.8) is 0 Å². The number of hydrogen-bond donors (Lipinski definition) is 1. The molecular weight excluding hydrogens is 500 g/mol.